The Kier molecular flexibility index (Phi) is 14.6. The first-order valence-electron chi connectivity index (χ1n) is 3.68. The molecule has 0 spiro atoms. The van der Waals surface area contributed by atoms with Gasteiger partial charge in [-0.2, -0.15) is 0 Å². The number of aromatic nitrogens is 1. The smallest absolute Gasteiger partial charge is 0.314 e. The second kappa shape index (κ2) is 12.9. The van der Waals surface area contributed by atoms with Gasteiger partial charge in [-0.05, 0) is 18.4 Å². The lowest BCUT2D eigenvalue weighted by molar-refractivity contribution is 0.403. The highest BCUT2D eigenvalue weighted by Gasteiger charge is 1.81. The zero-order chi connectivity index (χ0) is 13.0. The van der Waals surface area contributed by atoms with E-state index in [9.17, 15) is 0 Å². The lowest BCUT2D eigenvalue weighted by Crippen LogP contribution is -1.68. The molecule has 0 aliphatic heterocycles. The van der Waals surface area contributed by atoms with Gasteiger partial charge in [0.25, 0.3) is 0 Å². The molecule has 0 bridgehead atoms. The Balaban J connectivity index is 0. The second-order valence-corrected chi connectivity index (χ2v) is 3.96. The third-order valence-electron chi connectivity index (χ3n) is 0.885. The Hall–Kier alpha value is -0.200. The normalized spacial score (nSPS) is 8.94. The fourth-order valence-electron chi connectivity index (χ4n) is 0.474. The number of nitrogens with zero attached hydrogens (tertiary/aromatic N) is 1. The highest BCUT2D eigenvalue weighted by atomic mass is 32.2. The van der Waals surface area contributed by atoms with Crippen LogP contribution in [-0.2, 0) is 9.13 Å². The standard InChI is InChI=1S/C6H7NS.2H3O3P/c1-8-6-2-4-7-5-3-6;2*1-4(2)3/h2-5H,1H3;2*4H,(H2,1,2,3). The highest BCUT2D eigenvalue weighted by Crippen LogP contribution is 2.10. The number of hydrogen-bond donors (Lipinski definition) is 4. The number of thioether (sulfide) groups is 1. The van der Waals surface area contributed by atoms with E-state index < -0.39 is 16.5 Å². The minimum absolute atomic E-state index is 1.26. The maximum atomic E-state index is 8.74. The van der Waals surface area contributed by atoms with Gasteiger partial charge in [-0.3, -0.25) is 14.1 Å². The molecule has 0 radical (unpaired) electrons. The van der Waals surface area contributed by atoms with Crippen molar-refractivity contribution in [3.8, 4) is 0 Å². The van der Waals surface area contributed by atoms with Gasteiger partial charge < -0.3 is 19.6 Å². The molecule has 0 unspecified atom stereocenters. The lowest BCUT2D eigenvalue weighted by Gasteiger charge is -1.88. The Morgan fingerprint density at radius 2 is 1.38 bits per heavy atom. The van der Waals surface area contributed by atoms with Crippen LogP contribution >= 0.6 is 28.3 Å². The van der Waals surface area contributed by atoms with Gasteiger partial charge in [-0.25, -0.2) is 0 Å². The minimum atomic E-state index is -3.13. The SMILES string of the molecule is CSc1ccncc1.O=[PH](O)O.O=[PH](O)O. The fraction of sp³-hybridized carbons (Fsp3) is 0.167. The molecule has 94 valence electrons. The van der Waals surface area contributed by atoms with Crippen LogP contribution in [0.4, 0.5) is 0 Å². The largest absolute Gasteiger partial charge is 0.326 e. The summed E-state index contributed by atoms with van der Waals surface area (Å²) in [6.07, 6.45) is 5.65. The summed E-state index contributed by atoms with van der Waals surface area (Å²) in [7, 11) is -6.26. The molecule has 0 fully saturated rings. The number of hydrogen-bond acceptors (Lipinski definition) is 4. The maximum absolute atomic E-state index is 8.74. The third-order valence-corrected chi connectivity index (χ3v) is 1.63. The molecular formula is C6H13NO6P2S. The van der Waals surface area contributed by atoms with E-state index >= 15 is 0 Å². The Labute approximate surface area is 98.1 Å². The maximum Gasteiger partial charge on any atom is 0.314 e. The molecule has 0 saturated carbocycles. The molecule has 4 N–H and O–H groups in total. The van der Waals surface area contributed by atoms with E-state index in [0.29, 0.717) is 0 Å². The van der Waals surface area contributed by atoms with Crippen LogP contribution in [-0.4, -0.2) is 30.8 Å². The van der Waals surface area contributed by atoms with Crippen molar-refractivity contribution in [2.45, 2.75) is 4.90 Å². The molecule has 0 atom stereocenters. The Morgan fingerprint density at radius 1 is 1.06 bits per heavy atom. The lowest BCUT2D eigenvalue weighted by atomic mass is 10.5. The van der Waals surface area contributed by atoms with Crippen molar-refractivity contribution >= 4 is 28.3 Å². The van der Waals surface area contributed by atoms with E-state index in [1.807, 2.05) is 12.1 Å². The molecule has 1 heterocycles. The van der Waals surface area contributed by atoms with Crippen molar-refractivity contribution in [3.63, 3.8) is 0 Å². The summed E-state index contributed by atoms with van der Waals surface area (Å²) in [6.45, 7) is 0. The van der Waals surface area contributed by atoms with Gasteiger partial charge in [0.1, 0.15) is 0 Å². The van der Waals surface area contributed by atoms with Gasteiger partial charge in [0.2, 0.25) is 0 Å². The third kappa shape index (κ3) is 23.5. The van der Waals surface area contributed by atoms with Crippen molar-refractivity contribution in [2.75, 3.05) is 6.26 Å². The zero-order valence-corrected chi connectivity index (χ0v) is 11.1. The van der Waals surface area contributed by atoms with Crippen LogP contribution in [0.15, 0.2) is 29.4 Å². The second-order valence-electron chi connectivity index (χ2n) is 1.95. The summed E-state index contributed by atoms with van der Waals surface area (Å²) in [6, 6.07) is 3.98. The summed E-state index contributed by atoms with van der Waals surface area (Å²) in [5, 5.41) is 0. The molecule has 0 aromatic carbocycles. The van der Waals surface area contributed by atoms with Gasteiger partial charge in [0.15, 0.2) is 0 Å². The van der Waals surface area contributed by atoms with Crippen molar-refractivity contribution in [3.05, 3.63) is 24.5 Å². The van der Waals surface area contributed by atoms with Crippen LogP contribution in [0.2, 0.25) is 0 Å². The minimum Gasteiger partial charge on any atom is -0.326 e. The molecule has 0 saturated heterocycles. The van der Waals surface area contributed by atoms with Crippen LogP contribution in [0.25, 0.3) is 0 Å². The summed E-state index contributed by atoms with van der Waals surface area (Å²) >= 11 is 1.73. The predicted molar refractivity (Wildman–Crippen MR) is 62.9 cm³/mol. The fourth-order valence-corrected chi connectivity index (χ4v) is 0.868. The summed E-state index contributed by atoms with van der Waals surface area (Å²) in [5.41, 5.74) is 0. The van der Waals surface area contributed by atoms with Crippen molar-refractivity contribution in [1.29, 1.82) is 0 Å². The van der Waals surface area contributed by atoms with E-state index in [-0.39, 0.29) is 0 Å². The monoisotopic (exact) mass is 289 g/mol. The van der Waals surface area contributed by atoms with Crippen LogP contribution in [0.1, 0.15) is 0 Å². The van der Waals surface area contributed by atoms with Gasteiger partial charge in [0, 0.05) is 17.3 Å². The molecule has 0 aliphatic carbocycles. The molecule has 0 aliphatic rings. The van der Waals surface area contributed by atoms with Crippen LogP contribution in [0.5, 0.6) is 0 Å². The predicted octanol–water partition coefficient (Wildman–Crippen LogP) is 0.525. The zero-order valence-electron chi connectivity index (χ0n) is 8.27. The van der Waals surface area contributed by atoms with Crippen LogP contribution in [0, 0.1) is 0 Å². The van der Waals surface area contributed by atoms with Gasteiger partial charge >= 0.3 is 16.5 Å². The van der Waals surface area contributed by atoms with E-state index in [2.05, 4.69) is 11.2 Å². The average molecular weight is 289 g/mol. The molecule has 1 aromatic heterocycles. The molecule has 10 heteroatoms. The van der Waals surface area contributed by atoms with Crippen molar-refractivity contribution < 1.29 is 28.7 Å². The quantitative estimate of drug-likeness (QED) is 0.435. The van der Waals surface area contributed by atoms with E-state index in [1.165, 1.54) is 4.90 Å². The number of rotatable bonds is 1. The topological polar surface area (TPSA) is 128 Å². The van der Waals surface area contributed by atoms with E-state index in [4.69, 9.17) is 28.7 Å². The van der Waals surface area contributed by atoms with Crippen molar-refractivity contribution in [2.24, 2.45) is 0 Å². The molecule has 0 amide bonds. The van der Waals surface area contributed by atoms with Crippen LogP contribution in [0.3, 0.4) is 0 Å². The van der Waals surface area contributed by atoms with E-state index in [0.717, 1.165) is 0 Å². The molecular weight excluding hydrogens is 276 g/mol. The first kappa shape index (κ1) is 18.2. The Bertz CT molecular complexity index is 291. The molecule has 16 heavy (non-hydrogen) atoms. The number of pyridine rings is 1. The Morgan fingerprint density at radius 3 is 1.56 bits per heavy atom. The summed E-state index contributed by atoms with van der Waals surface area (Å²) in [4.78, 5) is 33.8. The first-order chi connectivity index (χ1) is 7.40. The van der Waals surface area contributed by atoms with Gasteiger partial charge in [-0.1, -0.05) is 0 Å². The van der Waals surface area contributed by atoms with Crippen molar-refractivity contribution in [1.82, 2.24) is 4.98 Å². The average Bonchev–Trinajstić information content (AvgIpc) is 2.17. The van der Waals surface area contributed by atoms with Gasteiger partial charge in [0.05, 0.1) is 0 Å². The molecule has 7 nitrogen and oxygen atoms in total. The van der Waals surface area contributed by atoms with Crippen LogP contribution < -0.4 is 0 Å². The molecule has 1 aromatic rings. The van der Waals surface area contributed by atoms with Gasteiger partial charge in [-0.15, -0.1) is 11.8 Å². The first-order valence-corrected chi connectivity index (χ1v) is 7.51. The van der Waals surface area contributed by atoms with E-state index in [1.54, 1.807) is 24.2 Å². The highest BCUT2D eigenvalue weighted by molar-refractivity contribution is 7.98. The summed E-state index contributed by atoms with van der Waals surface area (Å²) < 4.78 is 17.5. The summed E-state index contributed by atoms with van der Waals surface area (Å²) in [5.74, 6) is 0. The molecule has 1 rings (SSSR count).